The Morgan fingerprint density at radius 3 is 1.95 bits per heavy atom. The van der Waals surface area contributed by atoms with Crippen molar-refractivity contribution in [2.75, 3.05) is 40.8 Å². The second-order valence-corrected chi connectivity index (χ2v) is 5.63. The van der Waals surface area contributed by atoms with Gasteiger partial charge in [0.05, 0.1) is 27.2 Å². The number of carbonyl (C=O) groups excluding carboxylic acids is 2. The molecule has 0 heterocycles. The number of likely N-dealkylation sites (N-methyl/N-ethyl adjacent to an activating group) is 2. The van der Waals surface area contributed by atoms with Gasteiger partial charge in [-0.1, -0.05) is 27.0 Å². The van der Waals surface area contributed by atoms with E-state index >= 15 is 0 Å². The SMILES string of the molecule is C=CC(=O)C(CC)[N+](C)(C)CC.C=CC(=O)CN(C)CC. The molecule has 0 saturated carbocycles. The van der Waals surface area contributed by atoms with Gasteiger partial charge in [0.15, 0.2) is 11.8 Å². The third-order valence-electron chi connectivity index (χ3n) is 3.77. The Morgan fingerprint density at radius 1 is 1.14 bits per heavy atom. The van der Waals surface area contributed by atoms with Gasteiger partial charge in [-0.25, -0.2) is 0 Å². The van der Waals surface area contributed by atoms with Gasteiger partial charge in [0, 0.05) is 6.42 Å². The predicted molar refractivity (Wildman–Crippen MR) is 90.3 cm³/mol. The molecule has 0 spiro atoms. The summed E-state index contributed by atoms with van der Waals surface area (Å²) in [5, 5.41) is 0. The highest BCUT2D eigenvalue weighted by Gasteiger charge is 2.29. The van der Waals surface area contributed by atoms with Crippen molar-refractivity contribution in [2.24, 2.45) is 0 Å². The van der Waals surface area contributed by atoms with E-state index in [0.29, 0.717) is 6.54 Å². The third-order valence-corrected chi connectivity index (χ3v) is 3.77. The first-order valence-electron chi connectivity index (χ1n) is 7.52. The largest absolute Gasteiger partial charge is 0.320 e. The van der Waals surface area contributed by atoms with Gasteiger partial charge in [-0.05, 0) is 32.7 Å². The summed E-state index contributed by atoms with van der Waals surface area (Å²) < 4.78 is 0.751. The van der Waals surface area contributed by atoms with E-state index in [0.717, 1.165) is 24.0 Å². The number of hydrogen-bond donors (Lipinski definition) is 0. The van der Waals surface area contributed by atoms with Crippen LogP contribution in [0.3, 0.4) is 0 Å². The molecule has 0 radical (unpaired) electrons. The summed E-state index contributed by atoms with van der Waals surface area (Å²) >= 11 is 0. The highest BCUT2D eigenvalue weighted by molar-refractivity contribution is 5.92. The van der Waals surface area contributed by atoms with Crippen LogP contribution in [0, 0.1) is 0 Å². The van der Waals surface area contributed by atoms with Crippen LogP contribution in [0.1, 0.15) is 27.2 Å². The molecule has 0 N–H and O–H groups in total. The highest BCUT2D eigenvalue weighted by atomic mass is 16.1. The minimum absolute atomic E-state index is 0.0764. The zero-order valence-electron chi connectivity index (χ0n) is 14.7. The second-order valence-electron chi connectivity index (χ2n) is 5.63. The van der Waals surface area contributed by atoms with E-state index in [4.69, 9.17) is 0 Å². The van der Waals surface area contributed by atoms with Gasteiger partial charge in [-0.2, -0.15) is 0 Å². The molecule has 0 saturated heterocycles. The summed E-state index contributed by atoms with van der Waals surface area (Å²) in [6.07, 6.45) is 3.67. The molecule has 0 aromatic carbocycles. The van der Waals surface area contributed by atoms with Gasteiger partial charge in [0.25, 0.3) is 0 Å². The molecule has 1 atom stereocenters. The van der Waals surface area contributed by atoms with Crippen molar-refractivity contribution in [3.63, 3.8) is 0 Å². The van der Waals surface area contributed by atoms with E-state index in [1.807, 2.05) is 25.8 Å². The van der Waals surface area contributed by atoms with E-state index in [2.05, 4.69) is 34.2 Å². The highest BCUT2D eigenvalue weighted by Crippen LogP contribution is 2.11. The Hall–Kier alpha value is -1.26. The lowest BCUT2D eigenvalue weighted by Gasteiger charge is -2.35. The number of hydrogen-bond acceptors (Lipinski definition) is 3. The molecule has 0 aliphatic heterocycles. The Bertz CT molecular complexity index is 349. The summed E-state index contributed by atoms with van der Waals surface area (Å²) in [5.74, 6) is 0.240. The molecule has 4 heteroatoms. The average Bonchev–Trinajstić information content (AvgIpc) is 2.47. The van der Waals surface area contributed by atoms with Crippen LogP contribution in [0.15, 0.2) is 25.3 Å². The lowest BCUT2D eigenvalue weighted by atomic mass is 10.1. The molecule has 21 heavy (non-hydrogen) atoms. The lowest BCUT2D eigenvalue weighted by Crippen LogP contribution is -2.51. The van der Waals surface area contributed by atoms with E-state index in [1.54, 1.807) is 0 Å². The number of quaternary nitrogens is 1. The maximum Gasteiger partial charge on any atom is 0.212 e. The Morgan fingerprint density at radius 2 is 1.67 bits per heavy atom. The summed E-state index contributed by atoms with van der Waals surface area (Å²) in [6, 6.07) is 0.0764. The number of ketones is 2. The first kappa shape index (κ1) is 22.0. The molecule has 0 aromatic rings. The first-order chi connectivity index (χ1) is 9.69. The topological polar surface area (TPSA) is 37.4 Å². The summed E-state index contributed by atoms with van der Waals surface area (Å²) in [6.45, 7) is 15.4. The quantitative estimate of drug-likeness (QED) is 0.484. The minimum Gasteiger partial charge on any atom is -0.320 e. The zero-order chi connectivity index (χ0) is 17.1. The summed E-state index contributed by atoms with van der Waals surface area (Å²) in [7, 11) is 6.06. The normalized spacial score (nSPS) is 12.1. The molecule has 4 nitrogen and oxygen atoms in total. The van der Waals surface area contributed by atoms with Crippen molar-refractivity contribution >= 4 is 11.6 Å². The van der Waals surface area contributed by atoms with Crippen LogP contribution in [-0.4, -0.2) is 67.8 Å². The molecule has 0 amide bonds. The fourth-order valence-corrected chi connectivity index (χ4v) is 1.84. The predicted octanol–water partition coefficient (Wildman–Crippen LogP) is 2.31. The van der Waals surface area contributed by atoms with E-state index in [1.165, 1.54) is 12.2 Å². The van der Waals surface area contributed by atoms with Gasteiger partial charge in [0.2, 0.25) is 5.78 Å². The Labute approximate surface area is 130 Å². The molecular weight excluding hydrogens is 264 g/mol. The Kier molecular flexibility index (Phi) is 12.0. The second kappa shape index (κ2) is 11.4. The third kappa shape index (κ3) is 9.32. The number of carbonyl (C=O) groups is 2. The molecule has 1 unspecified atom stereocenters. The van der Waals surface area contributed by atoms with Crippen LogP contribution in [-0.2, 0) is 9.59 Å². The molecule has 0 aliphatic rings. The van der Waals surface area contributed by atoms with E-state index in [9.17, 15) is 9.59 Å². The Balaban J connectivity index is 0. The smallest absolute Gasteiger partial charge is 0.212 e. The van der Waals surface area contributed by atoms with E-state index in [-0.39, 0.29) is 17.6 Å². The van der Waals surface area contributed by atoms with Gasteiger partial charge in [-0.3, -0.25) is 14.5 Å². The number of nitrogens with zero attached hydrogens (tertiary/aromatic N) is 2. The average molecular weight is 297 g/mol. The van der Waals surface area contributed by atoms with Crippen molar-refractivity contribution in [3.05, 3.63) is 25.3 Å². The van der Waals surface area contributed by atoms with Crippen molar-refractivity contribution < 1.29 is 14.1 Å². The van der Waals surface area contributed by atoms with Crippen LogP contribution in [0.2, 0.25) is 0 Å². The monoisotopic (exact) mass is 297 g/mol. The minimum atomic E-state index is 0.0764. The van der Waals surface area contributed by atoms with Crippen LogP contribution in [0.5, 0.6) is 0 Å². The van der Waals surface area contributed by atoms with E-state index < -0.39 is 0 Å². The molecule has 0 bridgehead atoms. The van der Waals surface area contributed by atoms with Crippen molar-refractivity contribution in [1.82, 2.24) is 4.90 Å². The van der Waals surface area contributed by atoms with Crippen molar-refractivity contribution in [1.29, 1.82) is 0 Å². The zero-order valence-corrected chi connectivity index (χ0v) is 14.7. The molecule has 0 aromatic heterocycles. The maximum atomic E-state index is 11.4. The van der Waals surface area contributed by atoms with Crippen molar-refractivity contribution in [2.45, 2.75) is 33.2 Å². The molecule has 0 aliphatic carbocycles. The molecule has 122 valence electrons. The van der Waals surface area contributed by atoms with Crippen LogP contribution in [0.25, 0.3) is 0 Å². The standard InChI is InChI=1S/C10H20NO.C7H13NO/c1-6-9(10(12)7-2)11(4,5)8-3;1-4-7(9)6-8(3)5-2/h7,9H,2,6,8H2,1,3-5H3;4H,1,5-6H2,2-3H3/q+1;. The number of rotatable bonds is 9. The fourth-order valence-electron chi connectivity index (χ4n) is 1.84. The molecule has 0 rings (SSSR count). The van der Waals surface area contributed by atoms with Gasteiger partial charge in [0.1, 0.15) is 0 Å². The molecular formula is C17H33N2O2+. The van der Waals surface area contributed by atoms with Crippen LogP contribution >= 0.6 is 0 Å². The lowest BCUT2D eigenvalue weighted by molar-refractivity contribution is -0.903. The van der Waals surface area contributed by atoms with Crippen LogP contribution < -0.4 is 0 Å². The maximum absolute atomic E-state index is 11.4. The van der Waals surface area contributed by atoms with Gasteiger partial charge >= 0.3 is 0 Å². The van der Waals surface area contributed by atoms with Gasteiger partial charge < -0.3 is 4.48 Å². The van der Waals surface area contributed by atoms with Crippen molar-refractivity contribution in [3.8, 4) is 0 Å². The first-order valence-corrected chi connectivity index (χ1v) is 7.52. The molecule has 0 fully saturated rings. The summed E-state index contributed by atoms with van der Waals surface area (Å²) in [4.78, 5) is 24.0. The van der Waals surface area contributed by atoms with Gasteiger partial charge in [-0.15, -0.1) is 0 Å². The fraction of sp³-hybridized carbons (Fsp3) is 0.647. The van der Waals surface area contributed by atoms with Crippen LogP contribution in [0.4, 0.5) is 0 Å². The summed E-state index contributed by atoms with van der Waals surface area (Å²) in [5.41, 5.74) is 0.